The van der Waals surface area contributed by atoms with Gasteiger partial charge in [0.1, 0.15) is 0 Å². The first kappa shape index (κ1) is 19.1. The Bertz CT molecular complexity index is 1250. The number of amides is 2. The van der Waals surface area contributed by atoms with Crippen LogP contribution < -0.4 is 16.2 Å². The fraction of sp³-hybridized carbons (Fsp3) is 0.0909. The Kier molecular flexibility index (Phi) is 5.38. The molecule has 2 N–H and O–H groups in total. The maximum Gasteiger partial charge on any atom is 0.287 e. The van der Waals surface area contributed by atoms with Crippen molar-refractivity contribution in [3.63, 3.8) is 0 Å². The molecular formula is C22H18N4O4. The van der Waals surface area contributed by atoms with Crippen LogP contribution in [0.4, 0.5) is 0 Å². The Morgan fingerprint density at radius 3 is 2.20 bits per heavy atom. The molecule has 8 heteroatoms. The number of para-hydroxylation sites is 1. The minimum atomic E-state index is -0.442. The minimum Gasteiger partial charge on any atom is -0.459 e. The Balaban J connectivity index is 1.55. The van der Waals surface area contributed by atoms with Crippen LogP contribution >= 0.6 is 0 Å². The lowest BCUT2D eigenvalue weighted by atomic mass is 10.1. The zero-order chi connectivity index (χ0) is 20.9. The zero-order valence-corrected chi connectivity index (χ0v) is 15.9. The molecule has 0 bridgehead atoms. The maximum absolute atomic E-state index is 12.9. The summed E-state index contributed by atoms with van der Waals surface area (Å²) in [5, 5.41) is 10.6. The number of rotatable bonds is 6. The van der Waals surface area contributed by atoms with E-state index in [0.717, 1.165) is 0 Å². The van der Waals surface area contributed by atoms with E-state index in [0.29, 0.717) is 16.5 Å². The molecule has 0 aliphatic heterocycles. The van der Waals surface area contributed by atoms with Gasteiger partial charge in [0.2, 0.25) is 0 Å². The van der Waals surface area contributed by atoms with Crippen molar-refractivity contribution >= 4 is 22.6 Å². The minimum absolute atomic E-state index is 0.131. The number of aromatic nitrogens is 2. The van der Waals surface area contributed by atoms with E-state index in [4.69, 9.17) is 4.42 Å². The van der Waals surface area contributed by atoms with Crippen molar-refractivity contribution in [2.24, 2.45) is 0 Å². The average Bonchev–Trinajstić information content (AvgIpc) is 3.33. The lowest BCUT2D eigenvalue weighted by molar-refractivity contribution is 0.0909. The molecule has 2 heterocycles. The molecule has 30 heavy (non-hydrogen) atoms. The molecule has 4 aromatic rings. The summed E-state index contributed by atoms with van der Waals surface area (Å²) >= 11 is 0. The Morgan fingerprint density at radius 1 is 0.833 bits per heavy atom. The fourth-order valence-corrected chi connectivity index (χ4v) is 3.03. The van der Waals surface area contributed by atoms with Crippen LogP contribution in [0.25, 0.3) is 16.5 Å². The Hall–Kier alpha value is -4.20. The molecule has 0 unspecified atom stereocenters. The molecule has 2 aromatic heterocycles. The lowest BCUT2D eigenvalue weighted by Gasteiger charge is -2.11. The van der Waals surface area contributed by atoms with E-state index in [9.17, 15) is 14.4 Å². The number of nitrogens with one attached hydrogen (secondary N) is 2. The van der Waals surface area contributed by atoms with Crippen LogP contribution in [0.2, 0.25) is 0 Å². The standard InChI is InChI=1S/C22H18N4O4/c27-20(18-11-6-14-30-18)23-12-13-24-21(28)19-16-9-4-5-10-17(16)22(29)26(25-19)15-7-2-1-3-8-15/h1-11,14H,12-13H2,(H,23,27)(H,24,28). The van der Waals surface area contributed by atoms with Gasteiger partial charge in [-0.2, -0.15) is 9.78 Å². The van der Waals surface area contributed by atoms with E-state index in [-0.39, 0.29) is 36.0 Å². The topological polar surface area (TPSA) is 106 Å². The highest BCUT2D eigenvalue weighted by Gasteiger charge is 2.17. The lowest BCUT2D eigenvalue weighted by Crippen LogP contribution is -2.36. The van der Waals surface area contributed by atoms with Crippen molar-refractivity contribution in [1.82, 2.24) is 20.4 Å². The van der Waals surface area contributed by atoms with Crippen LogP contribution in [-0.2, 0) is 0 Å². The van der Waals surface area contributed by atoms with Gasteiger partial charge in [0, 0.05) is 18.5 Å². The van der Waals surface area contributed by atoms with Crippen LogP contribution in [-0.4, -0.2) is 34.7 Å². The van der Waals surface area contributed by atoms with Crippen LogP contribution in [0, 0.1) is 0 Å². The Labute approximate surface area is 171 Å². The molecule has 0 radical (unpaired) electrons. The molecule has 150 valence electrons. The first-order valence-electron chi connectivity index (χ1n) is 9.32. The number of fused-ring (bicyclic) bond motifs is 1. The van der Waals surface area contributed by atoms with Gasteiger partial charge >= 0.3 is 0 Å². The van der Waals surface area contributed by atoms with Crippen molar-refractivity contribution in [3.8, 4) is 5.69 Å². The highest BCUT2D eigenvalue weighted by atomic mass is 16.3. The van der Waals surface area contributed by atoms with E-state index >= 15 is 0 Å². The normalized spacial score (nSPS) is 10.7. The third kappa shape index (κ3) is 3.83. The quantitative estimate of drug-likeness (QED) is 0.481. The van der Waals surface area contributed by atoms with Gasteiger partial charge in [-0.15, -0.1) is 0 Å². The highest BCUT2D eigenvalue weighted by molar-refractivity contribution is 6.04. The SMILES string of the molecule is O=C(NCCNC(=O)c1nn(-c2ccccc2)c(=O)c2ccccc12)c1ccco1. The highest BCUT2D eigenvalue weighted by Crippen LogP contribution is 2.15. The first-order valence-corrected chi connectivity index (χ1v) is 9.32. The number of furan rings is 1. The summed E-state index contributed by atoms with van der Waals surface area (Å²) in [4.78, 5) is 37.5. The Morgan fingerprint density at radius 2 is 1.50 bits per heavy atom. The van der Waals surface area contributed by atoms with Crippen LogP contribution in [0.3, 0.4) is 0 Å². The van der Waals surface area contributed by atoms with E-state index in [2.05, 4.69) is 15.7 Å². The molecule has 0 fully saturated rings. The molecule has 0 aliphatic rings. The van der Waals surface area contributed by atoms with E-state index < -0.39 is 5.91 Å². The van der Waals surface area contributed by atoms with E-state index in [1.807, 2.05) is 6.07 Å². The van der Waals surface area contributed by atoms with Crippen molar-refractivity contribution in [3.05, 3.63) is 94.8 Å². The molecule has 4 rings (SSSR count). The molecule has 2 amide bonds. The molecule has 0 saturated carbocycles. The molecule has 2 aromatic carbocycles. The molecule has 0 aliphatic carbocycles. The summed E-state index contributed by atoms with van der Waals surface area (Å²) in [6.45, 7) is 0.396. The van der Waals surface area contributed by atoms with Gasteiger partial charge < -0.3 is 15.1 Å². The maximum atomic E-state index is 12.9. The molecule has 0 atom stereocenters. The van der Waals surface area contributed by atoms with E-state index in [1.165, 1.54) is 10.9 Å². The molecule has 0 saturated heterocycles. The summed E-state index contributed by atoms with van der Waals surface area (Å²) in [6, 6.07) is 18.9. The second-order valence-electron chi connectivity index (χ2n) is 6.44. The number of nitrogens with zero attached hydrogens (tertiary/aromatic N) is 2. The van der Waals surface area contributed by atoms with Crippen molar-refractivity contribution < 1.29 is 14.0 Å². The van der Waals surface area contributed by atoms with Crippen molar-refractivity contribution in [2.45, 2.75) is 0 Å². The number of carbonyl (C=O) groups is 2. The largest absolute Gasteiger partial charge is 0.459 e. The molecule has 8 nitrogen and oxygen atoms in total. The van der Waals surface area contributed by atoms with Gasteiger partial charge in [-0.1, -0.05) is 36.4 Å². The van der Waals surface area contributed by atoms with Gasteiger partial charge in [-0.3, -0.25) is 14.4 Å². The molecular weight excluding hydrogens is 384 g/mol. The van der Waals surface area contributed by atoms with Crippen LogP contribution in [0.1, 0.15) is 21.0 Å². The summed E-state index contributed by atoms with van der Waals surface area (Å²) in [6.07, 6.45) is 1.41. The monoisotopic (exact) mass is 402 g/mol. The van der Waals surface area contributed by atoms with Gasteiger partial charge in [0.05, 0.1) is 17.3 Å². The van der Waals surface area contributed by atoms with Gasteiger partial charge in [0.25, 0.3) is 17.4 Å². The summed E-state index contributed by atoms with van der Waals surface area (Å²) in [5.41, 5.74) is 0.387. The first-order chi connectivity index (χ1) is 14.6. The van der Waals surface area contributed by atoms with E-state index in [1.54, 1.807) is 60.7 Å². The van der Waals surface area contributed by atoms with Crippen molar-refractivity contribution in [1.29, 1.82) is 0 Å². The number of hydrogen-bond donors (Lipinski definition) is 2. The molecule has 0 spiro atoms. The van der Waals surface area contributed by atoms with Crippen LogP contribution in [0.15, 0.2) is 82.2 Å². The third-order valence-electron chi connectivity index (χ3n) is 4.46. The summed E-state index contributed by atoms with van der Waals surface area (Å²) < 4.78 is 6.23. The van der Waals surface area contributed by atoms with Gasteiger partial charge in [-0.05, 0) is 30.3 Å². The van der Waals surface area contributed by atoms with Gasteiger partial charge in [-0.25, -0.2) is 0 Å². The second-order valence-corrected chi connectivity index (χ2v) is 6.44. The average molecular weight is 402 g/mol. The number of carbonyl (C=O) groups excluding carboxylic acids is 2. The third-order valence-corrected chi connectivity index (χ3v) is 4.46. The fourth-order valence-electron chi connectivity index (χ4n) is 3.03. The smallest absolute Gasteiger partial charge is 0.287 e. The van der Waals surface area contributed by atoms with Gasteiger partial charge in [0.15, 0.2) is 11.5 Å². The summed E-state index contributed by atoms with van der Waals surface area (Å²) in [5.74, 6) is -0.609. The second kappa shape index (κ2) is 8.44. The zero-order valence-electron chi connectivity index (χ0n) is 15.9. The predicted molar refractivity (Wildman–Crippen MR) is 111 cm³/mol. The predicted octanol–water partition coefficient (Wildman–Crippen LogP) is 2.14. The van der Waals surface area contributed by atoms with Crippen molar-refractivity contribution in [2.75, 3.05) is 13.1 Å². The number of hydrogen-bond acceptors (Lipinski definition) is 5. The van der Waals surface area contributed by atoms with Crippen LogP contribution in [0.5, 0.6) is 0 Å². The summed E-state index contributed by atoms with van der Waals surface area (Å²) in [7, 11) is 0. The number of benzene rings is 2.